The summed E-state index contributed by atoms with van der Waals surface area (Å²) in [6.45, 7) is 3.64. The molecule has 3 heterocycles. The molecule has 2 aromatic heterocycles. The molecule has 0 atom stereocenters. The van der Waals surface area contributed by atoms with Gasteiger partial charge >= 0.3 is 0 Å². The minimum absolute atomic E-state index is 0.465. The number of anilines is 1. The van der Waals surface area contributed by atoms with Crippen LogP contribution in [0.25, 0.3) is 22.8 Å². The summed E-state index contributed by atoms with van der Waals surface area (Å²) in [6.07, 6.45) is 3.95. The van der Waals surface area contributed by atoms with Gasteiger partial charge in [0, 0.05) is 18.3 Å². The fourth-order valence-electron chi connectivity index (χ4n) is 2.71. The maximum absolute atomic E-state index is 5.60. The first-order valence-electron chi connectivity index (χ1n) is 8.08. The Balaban J connectivity index is 1.57. The minimum atomic E-state index is 0.465. The number of rotatable bonds is 3. The molecule has 0 radical (unpaired) electrons. The zero-order chi connectivity index (χ0) is 16.4. The molecule has 0 aliphatic carbocycles. The van der Waals surface area contributed by atoms with E-state index < -0.39 is 0 Å². The second kappa shape index (κ2) is 6.41. The van der Waals surface area contributed by atoms with Crippen LogP contribution in [0.2, 0.25) is 0 Å². The van der Waals surface area contributed by atoms with E-state index in [0.717, 1.165) is 48.5 Å². The van der Waals surface area contributed by atoms with Gasteiger partial charge in [-0.2, -0.15) is 4.98 Å². The topological polar surface area (TPSA) is 64.3 Å². The summed E-state index contributed by atoms with van der Waals surface area (Å²) in [5.74, 6) is 1.86. The van der Waals surface area contributed by atoms with Gasteiger partial charge in [-0.05, 0) is 37.5 Å². The van der Waals surface area contributed by atoms with Crippen molar-refractivity contribution in [2.75, 3.05) is 18.2 Å². The van der Waals surface area contributed by atoms with Crippen molar-refractivity contribution in [2.45, 2.75) is 19.8 Å². The molecular formula is C18H18N4O2. The largest absolute Gasteiger partial charge is 0.334 e. The Labute approximate surface area is 140 Å². The number of nitrogens with zero attached hydrogens (tertiary/aromatic N) is 4. The molecule has 1 saturated heterocycles. The highest BCUT2D eigenvalue weighted by Crippen LogP contribution is 2.25. The molecule has 1 aromatic carbocycles. The molecule has 3 aromatic rings. The van der Waals surface area contributed by atoms with Crippen LogP contribution in [0.3, 0.4) is 0 Å². The van der Waals surface area contributed by atoms with Gasteiger partial charge in [-0.3, -0.25) is 4.84 Å². The van der Waals surface area contributed by atoms with E-state index in [2.05, 4.69) is 15.1 Å². The lowest BCUT2D eigenvalue weighted by molar-refractivity contribution is 0.0761. The Morgan fingerprint density at radius 2 is 2.00 bits per heavy atom. The second-order valence-electron chi connectivity index (χ2n) is 5.79. The van der Waals surface area contributed by atoms with Crippen molar-refractivity contribution in [1.82, 2.24) is 15.1 Å². The van der Waals surface area contributed by atoms with Crippen molar-refractivity contribution in [3.8, 4) is 22.8 Å². The molecule has 0 spiro atoms. The molecule has 0 N–H and O–H groups in total. The molecule has 0 unspecified atom stereocenters. The summed E-state index contributed by atoms with van der Waals surface area (Å²) in [4.78, 5) is 14.5. The van der Waals surface area contributed by atoms with Gasteiger partial charge in [0.2, 0.25) is 5.82 Å². The third kappa shape index (κ3) is 2.88. The first-order chi connectivity index (χ1) is 11.8. The van der Waals surface area contributed by atoms with E-state index >= 15 is 0 Å². The number of benzene rings is 1. The van der Waals surface area contributed by atoms with Gasteiger partial charge in [0.1, 0.15) is 0 Å². The van der Waals surface area contributed by atoms with Gasteiger partial charge < -0.3 is 4.52 Å². The third-order valence-corrected chi connectivity index (χ3v) is 4.07. The van der Waals surface area contributed by atoms with Crippen LogP contribution in [0.5, 0.6) is 0 Å². The van der Waals surface area contributed by atoms with E-state index in [1.807, 2.05) is 48.4 Å². The normalized spacial score (nSPS) is 14.8. The van der Waals surface area contributed by atoms with Gasteiger partial charge in [-0.25, -0.2) is 10.0 Å². The Morgan fingerprint density at radius 3 is 2.75 bits per heavy atom. The monoisotopic (exact) mass is 322 g/mol. The molecule has 1 aliphatic rings. The summed E-state index contributed by atoms with van der Waals surface area (Å²) in [6, 6.07) is 11.8. The summed E-state index contributed by atoms with van der Waals surface area (Å²) in [7, 11) is 0. The van der Waals surface area contributed by atoms with Crippen LogP contribution in [0.1, 0.15) is 18.4 Å². The Morgan fingerprint density at radius 1 is 1.08 bits per heavy atom. The van der Waals surface area contributed by atoms with E-state index in [1.54, 1.807) is 6.20 Å². The Hall–Kier alpha value is -2.73. The van der Waals surface area contributed by atoms with Crippen LogP contribution in [-0.4, -0.2) is 28.3 Å². The molecule has 122 valence electrons. The summed E-state index contributed by atoms with van der Waals surface area (Å²) in [5, 5.41) is 5.92. The zero-order valence-corrected chi connectivity index (χ0v) is 13.5. The van der Waals surface area contributed by atoms with Crippen molar-refractivity contribution in [3.63, 3.8) is 0 Å². The molecule has 6 heteroatoms. The maximum atomic E-state index is 5.60. The molecule has 0 bridgehead atoms. The van der Waals surface area contributed by atoms with Gasteiger partial charge in [-0.1, -0.05) is 29.4 Å². The number of pyridine rings is 1. The van der Waals surface area contributed by atoms with E-state index in [4.69, 9.17) is 9.36 Å². The maximum Gasteiger partial charge on any atom is 0.259 e. The highest BCUT2D eigenvalue weighted by molar-refractivity contribution is 5.62. The number of hydrogen-bond donors (Lipinski definition) is 0. The molecule has 24 heavy (non-hydrogen) atoms. The van der Waals surface area contributed by atoms with Gasteiger partial charge in [0.05, 0.1) is 12.2 Å². The third-order valence-electron chi connectivity index (χ3n) is 4.07. The van der Waals surface area contributed by atoms with E-state index in [1.165, 1.54) is 0 Å². The summed E-state index contributed by atoms with van der Waals surface area (Å²) in [5.41, 5.74) is 2.88. The predicted octanol–water partition coefficient (Wildman–Crippen LogP) is 3.64. The van der Waals surface area contributed by atoms with Crippen LogP contribution >= 0.6 is 0 Å². The van der Waals surface area contributed by atoms with Crippen molar-refractivity contribution >= 4 is 5.82 Å². The van der Waals surface area contributed by atoms with Crippen LogP contribution in [0.4, 0.5) is 5.82 Å². The predicted molar refractivity (Wildman–Crippen MR) is 90.2 cm³/mol. The fraction of sp³-hybridized carbons (Fsp3) is 0.278. The smallest absolute Gasteiger partial charge is 0.259 e. The average Bonchev–Trinajstić information content (AvgIpc) is 3.13. The molecule has 0 amide bonds. The van der Waals surface area contributed by atoms with Crippen molar-refractivity contribution < 1.29 is 9.36 Å². The van der Waals surface area contributed by atoms with Gasteiger partial charge in [0.25, 0.3) is 5.89 Å². The molecule has 4 rings (SSSR count). The molecule has 1 fully saturated rings. The van der Waals surface area contributed by atoms with Crippen molar-refractivity contribution in [2.24, 2.45) is 0 Å². The Kier molecular flexibility index (Phi) is 3.96. The Bertz CT molecular complexity index is 823. The lowest BCUT2D eigenvalue weighted by atomic mass is 10.1. The van der Waals surface area contributed by atoms with E-state index in [-0.39, 0.29) is 0 Å². The lowest BCUT2D eigenvalue weighted by Gasteiger charge is -2.26. The standard InChI is InChI=1S/C18H18N4O2/c1-13-6-2-3-7-15(13)17-20-18(24-21-17)14-8-9-16(19-12-14)22-10-4-5-11-23-22/h2-3,6-9,12H,4-5,10-11H2,1H3. The average molecular weight is 322 g/mol. The lowest BCUT2D eigenvalue weighted by Crippen LogP contribution is -2.30. The highest BCUT2D eigenvalue weighted by atomic mass is 16.7. The van der Waals surface area contributed by atoms with Crippen LogP contribution < -0.4 is 5.06 Å². The first kappa shape index (κ1) is 14.8. The number of aromatic nitrogens is 3. The number of aryl methyl sites for hydroxylation is 1. The molecule has 6 nitrogen and oxygen atoms in total. The van der Waals surface area contributed by atoms with Crippen LogP contribution in [0.15, 0.2) is 47.1 Å². The minimum Gasteiger partial charge on any atom is -0.334 e. The number of hydrogen-bond acceptors (Lipinski definition) is 6. The number of hydroxylamine groups is 1. The molecule has 0 saturated carbocycles. The molecular weight excluding hydrogens is 304 g/mol. The van der Waals surface area contributed by atoms with Gasteiger partial charge in [-0.15, -0.1) is 0 Å². The van der Waals surface area contributed by atoms with Crippen LogP contribution in [-0.2, 0) is 4.84 Å². The summed E-state index contributed by atoms with van der Waals surface area (Å²) < 4.78 is 5.40. The highest BCUT2D eigenvalue weighted by Gasteiger charge is 2.15. The van der Waals surface area contributed by atoms with Crippen molar-refractivity contribution in [3.05, 3.63) is 48.2 Å². The second-order valence-corrected chi connectivity index (χ2v) is 5.79. The van der Waals surface area contributed by atoms with Crippen LogP contribution in [0, 0.1) is 6.92 Å². The van der Waals surface area contributed by atoms with E-state index in [0.29, 0.717) is 11.7 Å². The van der Waals surface area contributed by atoms with Crippen molar-refractivity contribution in [1.29, 1.82) is 0 Å². The first-order valence-corrected chi connectivity index (χ1v) is 8.08. The molecule has 1 aliphatic heterocycles. The summed E-state index contributed by atoms with van der Waals surface area (Å²) >= 11 is 0. The van der Waals surface area contributed by atoms with Gasteiger partial charge in [0.15, 0.2) is 5.82 Å². The quantitative estimate of drug-likeness (QED) is 0.733. The zero-order valence-electron chi connectivity index (χ0n) is 13.5. The fourth-order valence-corrected chi connectivity index (χ4v) is 2.71. The van der Waals surface area contributed by atoms with E-state index in [9.17, 15) is 0 Å². The SMILES string of the molecule is Cc1ccccc1-c1noc(-c2ccc(N3CCCCO3)nc2)n1.